The van der Waals surface area contributed by atoms with Gasteiger partial charge in [-0.1, -0.05) is 45.9 Å². The maximum absolute atomic E-state index is 6.04. The van der Waals surface area contributed by atoms with Crippen molar-refractivity contribution in [3.63, 3.8) is 0 Å². The van der Waals surface area contributed by atoms with Gasteiger partial charge >= 0.3 is 0 Å². The van der Waals surface area contributed by atoms with Crippen LogP contribution in [-0.4, -0.2) is 13.2 Å². The molecule has 1 aliphatic rings. The van der Waals surface area contributed by atoms with Crippen molar-refractivity contribution in [2.24, 2.45) is 0 Å². The molecule has 1 aliphatic heterocycles. The fraction of sp³-hybridized carbons (Fsp3) is 0.625. The highest BCUT2D eigenvalue weighted by molar-refractivity contribution is 5.47. The molecule has 0 saturated heterocycles. The molecule has 1 N–H and O–H groups in total. The van der Waals surface area contributed by atoms with Crippen molar-refractivity contribution in [2.75, 3.05) is 13.2 Å². The first kappa shape index (κ1) is 13.4. The number of hydrogen-bond acceptors (Lipinski definition) is 2. The topological polar surface area (TPSA) is 21.3 Å². The van der Waals surface area contributed by atoms with Crippen LogP contribution in [0, 0.1) is 0 Å². The van der Waals surface area contributed by atoms with Gasteiger partial charge in [-0.2, -0.15) is 0 Å². The van der Waals surface area contributed by atoms with Gasteiger partial charge in [0.15, 0.2) is 0 Å². The molecule has 0 spiro atoms. The number of benzene rings is 1. The fourth-order valence-corrected chi connectivity index (χ4v) is 2.66. The summed E-state index contributed by atoms with van der Waals surface area (Å²) in [6, 6.07) is 7.02. The van der Waals surface area contributed by atoms with Crippen LogP contribution in [0.3, 0.4) is 0 Å². The fourth-order valence-electron chi connectivity index (χ4n) is 2.66. The number of nitrogens with one attached hydrogen (secondary N) is 1. The van der Waals surface area contributed by atoms with Crippen LogP contribution in [0.2, 0.25) is 0 Å². The molecule has 1 unspecified atom stereocenters. The predicted octanol–water partition coefficient (Wildman–Crippen LogP) is 3.81. The van der Waals surface area contributed by atoms with Crippen molar-refractivity contribution in [1.29, 1.82) is 0 Å². The Morgan fingerprint density at radius 1 is 1.33 bits per heavy atom. The Bertz CT molecular complexity index is 406. The summed E-state index contributed by atoms with van der Waals surface area (Å²) >= 11 is 0. The van der Waals surface area contributed by atoms with Crippen molar-refractivity contribution in [2.45, 2.75) is 52.0 Å². The molecule has 1 atom stereocenters. The third-order valence-electron chi connectivity index (χ3n) is 3.56. The third-order valence-corrected chi connectivity index (χ3v) is 3.56. The minimum Gasteiger partial charge on any atom is -0.493 e. The van der Waals surface area contributed by atoms with E-state index >= 15 is 0 Å². The molecular weight excluding hydrogens is 222 g/mol. The molecule has 0 amide bonds. The number of hydrogen-bond donors (Lipinski definition) is 1. The maximum Gasteiger partial charge on any atom is 0.127 e. The van der Waals surface area contributed by atoms with Gasteiger partial charge in [0.25, 0.3) is 0 Å². The van der Waals surface area contributed by atoms with Crippen LogP contribution < -0.4 is 10.1 Å². The van der Waals surface area contributed by atoms with E-state index in [0.717, 1.165) is 31.7 Å². The summed E-state index contributed by atoms with van der Waals surface area (Å²) < 4.78 is 6.04. The summed E-state index contributed by atoms with van der Waals surface area (Å²) in [5, 5.41) is 3.58. The lowest BCUT2D eigenvalue weighted by molar-refractivity contribution is 0.307. The van der Waals surface area contributed by atoms with Crippen LogP contribution in [0.4, 0.5) is 0 Å². The highest BCUT2D eigenvalue weighted by Crippen LogP contribution is 2.39. The monoisotopic (exact) mass is 247 g/mol. The van der Waals surface area contributed by atoms with Crippen molar-refractivity contribution in [3.8, 4) is 5.75 Å². The molecular formula is C16H25NO. The molecule has 0 aromatic heterocycles. The van der Waals surface area contributed by atoms with E-state index in [1.807, 2.05) is 0 Å². The van der Waals surface area contributed by atoms with E-state index in [9.17, 15) is 0 Å². The number of fused-ring (bicyclic) bond motifs is 1. The molecule has 0 radical (unpaired) electrons. The van der Waals surface area contributed by atoms with E-state index in [0.29, 0.717) is 6.04 Å². The highest BCUT2D eigenvalue weighted by atomic mass is 16.5. The summed E-state index contributed by atoms with van der Waals surface area (Å²) in [6.45, 7) is 10.8. The van der Waals surface area contributed by atoms with E-state index < -0.39 is 0 Å². The van der Waals surface area contributed by atoms with Crippen LogP contribution in [-0.2, 0) is 5.41 Å². The Hall–Kier alpha value is -1.02. The number of ether oxygens (including phenoxy) is 1. The first-order chi connectivity index (χ1) is 8.54. The van der Waals surface area contributed by atoms with Crippen LogP contribution >= 0.6 is 0 Å². The van der Waals surface area contributed by atoms with Gasteiger partial charge in [0.2, 0.25) is 0 Å². The van der Waals surface area contributed by atoms with Gasteiger partial charge < -0.3 is 10.1 Å². The lowest BCUT2D eigenvalue weighted by atomic mass is 9.84. The van der Waals surface area contributed by atoms with Gasteiger partial charge in [-0.05, 0) is 30.4 Å². The quantitative estimate of drug-likeness (QED) is 0.858. The average molecular weight is 247 g/mol. The third kappa shape index (κ3) is 2.69. The van der Waals surface area contributed by atoms with Crippen molar-refractivity contribution in [1.82, 2.24) is 5.32 Å². The van der Waals surface area contributed by atoms with E-state index in [1.165, 1.54) is 11.1 Å². The SMILES string of the molecule is CCNC1CCCOc2c1cccc2C(C)(C)C. The summed E-state index contributed by atoms with van der Waals surface area (Å²) in [4.78, 5) is 0. The Balaban J connectivity index is 2.46. The molecule has 0 bridgehead atoms. The maximum atomic E-state index is 6.04. The standard InChI is InChI=1S/C16H25NO/c1-5-17-14-10-7-11-18-15-12(14)8-6-9-13(15)16(2,3)4/h6,8-9,14,17H,5,7,10-11H2,1-4H3. The van der Waals surface area contributed by atoms with E-state index in [-0.39, 0.29) is 5.41 Å². The molecule has 100 valence electrons. The zero-order valence-corrected chi connectivity index (χ0v) is 12.0. The van der Waals surface area contributed by atoms with E-state index in [2.05, 4.69) is 51.2 Å². The molecule has 2 heteroatoms. The zero-order chi connectivity index (χ0) is 13.2. The highest BCUT2D eigenvalue weighted by Gasteiger charge is 2.26. The first-order valence-electron chi connectivity index (χ1n) is 7.03. The van der Waals surface area contributed by atoms with Gasteiger partial charge in [0.1, 0.15) is 5.75 Å². The second-order valence-electron chi connectivity index (χ2n) is 6.07. The Kier molecular flexibility index (Phi) is 3.96. The summed E-state index contributed by atoms with van der Waals surface area (Å²) in [5.74, 6) is 1.12. The van der Waals surface area contributed by atoms with Gasteiger partial charge in [-0.15, -0.1) is 0 Å². The normalized spacial score (nSPS) is 19.9. The first-order valence-corrected chi connectivity index (χ1v) is 7.03. The molecule has 2 rings (SSSR count). The molecule has 1 heterocycles. The molecule has 0 fully saturated rings. The van der Waals surface area contributed by atoms with Crippen molar-refractivity contribution < 1.29 is 4.74 Å². The Labute approximate surface area is 111 Å². The summed E-state index contributed by atoms with van der Waals surface area (Å²) in [6.07, 6.45) is 2.28. The van der Waals surface area contributed by atoms with Crippen LogP contribution in [0.5, 0.6) is 5.75 Å². The summed E-state index contributed by atoms with van der Waals surface area (Å²) in [7, 11) is 0. The number of rotatable bonds is 2. The minimum atomic E-state index is 0.131. The molecule has 0 saturated carbocycles. The van der Waals surface area contributed by atoms with Crippen LogP contribution in [0.1, 0.15) is 57.7 Å². The van der Waals surface area contributed by atoms with Crippen molar-refractivity contribution in [3.05, 3.63) is 29.3 Å². The van der Waals surface area contributed by atoms with E-state index in [1.54, 1.807) is 0 Å². The molecule has 1 aromatic carbocycles. The predicted molar refractivity (Wildman–Crippen MR) is 76.3 cm³/mol. The Morgan fingerprint density at radius 3 is 2.78 bits per heavy atom. The van der Waals surface area contributed by atoms with Crippen LogP contribution in [0.25, 0.3) is 0 Å². The minimum absolute atomic E-state index is 0.131. The van der Waals surface area contributed by atoms with Gasteiger partial charge in [-0.3, -0.25) is 0 Å². The smallest absolute Gasteiger partial charge is 0.127 e. The molecule has 18 heavy (non-hydrogen) atoms. The zero-order valence-electron chi connectivity index (χ0n) is 12.0. The van der Waals surface area contributed by atoms with Gasteiger partial charge in [0.05, 0.1) is 6.61 Å². The molecule has 2 nitrogen and oxygen atoms in total. The average Bonchev–Trinajstić information content (AvgIpc) is 2.51. The lowest BCUT2D eigenvalue weighted by Gasteiger charge is -2.25. The Morgan fingerprint density at radius 2 is 2.11 bits per heavy atom. The number of para-hydroxylation sites is 1. The second kappa shape index (κ2) is 5.31. The molecule has 1 aromatic rings. The molecule has 0 aliphatic carbocycles. The van der Waals surface area contributed by atoms with Gasteiger partial charge in [0, 0.05) is 11.6 Å². The van der Waals surface area contributed by atoms with Crippen LogP contribution in [0.15, 0.2) is 18.2 Å². The van der Waals surface area contributed by atoms with E-state index in [4.69, 9.17) is 4.74 Å². The second-order valence-corrected chi connectivity index (χ2v) is 6.07. The lowest BCUT2D eigenvalue weighted by Crippen LogP contribution is -2.21. The summed E-state index contributed by atoms with van der Waals surface area (Å²) in [5.41, 5.74) is 2.79. The van der Waals surface area contributed by atoms with Crippen molar-refractivity contribution >= 4 is 0 Å². The van der Waals surface area contributed by atoms with Gasteiger partial charge in [-0.25, -0.2) is 0 Å². The largest absolute Gasteiger partial charge is 0.493 e.